The third-order valence-corrected chi connectivity index (χ3v) is 6.33. The summed E-state index contributed by atoms with van der Waals surface area (Å²) in [6.45, 7) is 9.28. The fourth-order valence-electron chi connectivity index (χ4n) is 2.70. The second-order valence-corrected chi connectivity index (χ2v) is 9.47. The Kier molecular flexibility index (Phi) is 6.39. The summed E-state index contributed by atoms with van der Waals surface area (Å²) in [4.78, 5) is 15.4. The quantitative estimate of drug-likeness (QED) is 0.740. The van der Waals surface area contributed by atoms with Crippen molar-refractivity contribution in [1.82, 2.24) is 10.2 Å². The molecule has 0 aliphatic carbocycles. The number of ether oxygens (including phenoxy) is 1. The maximum absolute atomic E-state index is 12.3. The first-order valence-corrected chi connectivity index (χ1v) is 9.83. The summed E-state index contributed by atoms with van der Waals surface area (Å²) in [5.41, 5.74) is -0.461. The van der Waals surface area contributed by atoms with Crippen LogP contribution in [0.4, 0.5) is 4.79 Å². The molecule has 1 amide bonds. The van der Waals surface area contributed by atoms with Crippen LogP contribution in [0, 0.1) is 0 Å². The van der Waals surface area contributed by atoms with Crippen LogP contribution in [0.15, 0.2) is 10.5 Å². The molecule has 4 nitrogen and oxygen atoms in total. The Labute approximate surface area is 155 Å². The van der Waals surface area contributed by atoms with Gasteiger partial charge in [-0.1, -0.05) is 11.6 Å². The monoisotopic (exact) mass is 422 g/mol. The average Bonchev–Trinajstić information content (AvgIpc) is 2.74. The maximum Gasteiger partial charge on any atom is 0.410 e. The maximum atomic E-state index is 12.3. The molecule has 23 heavy (non-hydrogen) atoms. The number of halogens is 2. The predicted molar refractivity (Wildman–Crippen MR) is 99.3 cm³/mol. The van der Waals surface area contributed by atoms with E-state index in [4.69, 9.17) is 16.3 Å². The number of hydrogen-bond donors (Lipinski definition) is 1. The molecule has 2 atom stereocenters. The number of rotatable bonds is 3. The molecule has 1 aliphatic heterocycles. The van der Waals surface area contributed by atoms with Crippen molar-refractivity contribution < 1.29 is 9.53 Å². The first-order chi connectivity index (χ1) is 10.7. The molecule has 1 fully saturated rings. The van der Waals surface area contributed by atoms with Crippen LogP contribution in [-0.2, 0) is 11.3 Å². The molecule has 130 valence electrons. The van der Waals surface area contributed by atoms with Gasteiger partial charge in [0.15, 0.2) is 0 Å². The van der Waals surface area contributed by atoms with Crippen LogP contribution in [0.1, 0.15) is 45.4 Å². The van der Waals surface area contributed by atoms with Gasteiger partial charge in [0.2, 0.25) is 0 Å². The highest BCUT2D eigenvalue weighted by Gasteiger charge is 2.33. The minimum atomic E-state index is -0.461. The molecule has 1 aromatic heterocycles. The highest BCUT2D eigenvalue weighted by Crippen LogP contribution is 2.32. The first kappa shape index (κ1) is 19.0. The molecule has 1 aliphatic rings. The van der Waals surface area contributed by atoms with Crippen molar-refractivity contribution in [3.63, 3.8) is 0 Å². The van der Waals surface area contributed by atoms with E-state index in [1.807, 2.05) is 31.7 Å². The van der Waals surface area contributed by atoms with E-state index >= 15 is 0 Å². The zero-order valence-electron chi connectivity index (χ0n) is 14.0. The van der Waals surface area contributed by atoms with Crippen molar-refractivity contribution in [2.24, 2.45) is 0 Å². The Morgan fingerprint density at radius 1 is 1.57 bits per heavy atom. The van der Waals surface area contributed by atoms with Gasteiger partial charge in [0.25, 0.3) is 0 Å². The number of piperidine rings is 1. The van der Waals surface area contributed by atoms with E-state index in [-0.39, 0.29) is 18.2 Å². The topological polar surface area (TPSA) is 41.6 Å². The Morgan fingerprint density at radius 2 is 2.26 bits per heavy atom. The molecule has 2 heterocycles. The minimum absolute atomic E-state index is 0.109. The number of amides is 1. The summed E-state index contributed by atoms with van der Waals surface area (Å²) in [6.07, 6.45) is 1.81. The minimum Gasteiger partial charge on any atom is -0.444 e. The molecule has 1 saturated heterocycles. The molecule has 2 unspecified atom stereocenters. The van der Waals surface area contributed by atoms with Crippen LogP contribution in [0.2, 0.25) is 4.34 Å². The van der Waals surface area contributed by atoms with Gasteiger partial charge < -0.3 is 15.0 Å². The SMILES string of the molecule is CC1C(NCc2cc(Br)c(Cl)s2)CCCN1C(=O)OC(C)(C)C. The summed E-state index contributed by atoms with van der Waals surface area (Å²) in [5, 5.41) is 3.56. The lowest BCUT2D eigenvalue weighted by molar-refractivity contribution is 0.00700. The fraction of sp³-hybridized carbons (Fsp3) is 0.688. The van der Waals surface area contributed by atoms with Crippen LogP contribution >= 0.6 is 38.9 Å². The van der Waals surface area contributed by atoms with E-state index in [0.29, 0.717) is 0 Å². The van der Waals surface area contributed by atoms with Crippen LogP contribution in [0.5, 0.6) is 0 Å². The zero-order valence-corrected chi connectivity index (χ0v) is 17.1. The number of carbonyl (C=O) groups excluding carboxylic acids is 1. The molecule has 0 saturated carbocycles. The van der Waals surface area contributed by atoms with Gasteiger partial charge in [0, 0.05) is 34.5 Å². The van der Waals surface area contributed by atoms with Gasteiger partial charge in [0.05, 0.1) is 0 Å². The van der Waals surface area contributed by atoms with Crippen LogP contribution < -0.4 is 5.32 Å². The Hall–Kier alpha value is -0.300. The Morgan fingerprint density at radius 3 is 2.83 bits per heavy atom. The van der Waals surface area contributed by atoms with Gasteiger partial charge in [-0.15, -0.1) is 11.3 Å². The molecule has 0 aromatic carbocycles. The number of likely N-dealkylation sites (tertiary alicyclic amines) is 1. The van der Waals surface area contributed by atoms with Crippen molar-refractivity contribution >= 4 is 45.0 Å². The van der Waals surface area contributed by atoms with Gasteiger partial charge >= 0.3 is 6.09 Å². The predicted octanol–water partition coefficient (Wildman–Crippen LogP) is 5.04. The Bertz CT molecular complexity index is 539. The third-order valence-electron chi connectivity index (χ3n) is 3.85. The molecular formula is C16H24BrClN2O2S. The highest BCUT2D eigenvalue weighted by atomic mass is 79.9. The largest absolute Gasteiger partial charge is 0.444 e. The lowest BCUT2D eigenvalue weighted by Gasteiger charge is -2.40. The molecule has 1 aromatic rings. The molecule has 0 radical (unpaired) electrons. The van der Waals surface area contributed by atoms with E-state index in [1.165, 1.54) is 4.88 Å². The van der Waals surface area contributed by atoms with Crippen molar-refractivity contribution in [2.45, 2.75) is 64.8 Å². The van der Waals surface area contributed by atoms with Crippen LogP contribution in [0.25, 0.3) is 0 Å². The molecule has 7 heteroatoms. The molecule has 1 N–H and O–H groups in total. The van der Waals surface area contributed by atoms with E-state index in [2.05, 4.69) is 28.2 Å². The Balaban J connectivity index is 1.93. The average molecular weight is 424 g/mol. The third kappa shape index (κ3) is 5.34. The molecule has 0 bridgehead atoms. The van der Waals surface area contributed by atoms with E-state index in [0.717, 1.165) is 34.7 Å². The summed E-state index contributed by atoms with van der Waals surface area (Å²) >= 11 is 11.1. The number of thiophene rings is 1. The molecule has 2 rings (SSSR count). The molecular weight excluding hydrogens is 400 g/mol. The van der Waals surface area contributed by atoms with Crippen molar-refractivity contribution in [3.05, 3.63) is 19.8 Å². The first-order valence-electron chi connectivity index (χ1n) is 7.84. The summed E-state index contributed by atoms with van der Waals surface area (Å²) in [7, 11) is 0. The highest BCUT2D eigenvalue weighted by molar-refractivity contribution is 9.10. The zero-order chi connectivity index (χ0) is 17.2. The lowest BCUT2D eigenvalue weighted by atomic mass is 9.98. The summed E-state index contributed by atoms with van der Waals surface area (Å²) in [6, 6.07) is 2.41. The van der Waals surface area contributed by atoms with Crippen molar-refractivity contribution in [3.8, 4) is 0 Å². The van der Waals surface area contributed by atoms with Crippen LogP contribution in [0.3, 0.4) is 0 Å². The molecule has 0 spiro atoms. The van der Waals surface area contributed by atoms with Crippen molar-refractivity contribution in [2.75, 3.05) is 6.54 Å². The van der Waals surface area contributed by atoms with Gasteiger partial charge in [-0.2, -0.15) is 0 Å². The van der Waals surface area contributed by atoms with Gasteiger partial charge in [-0.05, 0) is 62.5 Å². The second-order valence-electron chi connectivity index (χ2n) is 6.88. The van der Waals surface area contributed by atoms with E-state index in [1.54, 1.807) is 11.3 Å². The number of hydrogen-bond acceptors (Lipinski definition) is 4. The number of nitrogens with one attached hydrogen (secondary N) is 1. The van der Waals surface area contributed by atoms with E-state index < -0.39 is 5.60 Å². The number of carbonyl (C=O) groups is 1. The smallest absolute Gasteiger partial charge is 0.410 e. The van der Waals surface area contributed by atoms with E-state index in [9.17, 15) is 4.79 Å². The second kappa shape index (κ2) is 7.72. The van der Waals surface area contributed by atoms with Crippen molar-refractivity contribution in [1.29, 1.82) is 0 Å². The van der Waals surface area contributed by atoms with Gasteiger partial charge in [-0.25, -0.2) is 4.79 Å². The summed E-state index contributed by atoms with van der Waals surface area (Å²) < 4.78 is 7.23. The normalized spacial score (nSPS) is 22.3. The van der Waals surface area contributed by atoms with Gasteiger partial charge in [0.1, 0.15) is 9.94 Å². The summed E-state index contributed by atoms with van der Waals surface area (Å²) in [5.74, 6) is 0. The number of nitrogens with zero attached hydrogens (tertiary/aromatic N) is 1. The van der Waals surface area contributed by atoms with Crippen LogP contribution in [-0.4, -0.2) is 35.2 Å². The standard InChI is InChI=1S/C16H24BrClN2O2S/c1-10-13(19-9-11-8-12(17)14(18)23-11)6-5-7-20(10)15(21)22-16(2,3)4/h8,10,13,19H,5-7,9H2,1-4H3. The lowest BCUT2D eigenvalue weighted by Crippen LogP contribution is -2.55. The van der Waals surface area contributed by atoms with Gasteiger partial charge in [-0.3, -0.25) is 0 Å². The fourth-order valence-corrected chi connectivity index (χ4v) is 4.45.